The summed E-state index contributed by atoms with van der Waals surface area (Å²) in [6.07, 6.45) is 1.98. The number of amides is 1. The number of hydrogen-bond acceptors (Lipinski definition) is 5. The smallest absolute Gasteiger partial charge is 0.263 e. The molecule has 0 aliphatic rings. The predicted octanol–water partition coefficient (Wildman–Crippen LogP) is 2.43. The van der Waals surface area contributed by atoms with Crippen molar-refractivity contribution in [2.45, 2.75) is 26.3 Å². The van der Waals surface area contributed by atoms with Gasteiger partial charge in [0, 0.05) is 18.2 Å². The van der Waals surface area contributed by atoms with Gasteiger partial charge in [-0.3, -0.25) is 4.79 Å². The first-order valence-corrected chi connectivity index (χ1v) is 10.1. The van der Waals surface area contributed by atoms with Gasteiger partial charge in [0.1, 0.15) is 10.7 Å². The van der Waals surface area contributed by atoms with Gasteiger partial charge in [-0.25, -0.2) is 17.8 Å². The van der Waals surface area contributed by atoms with E-state index >= 15 is 0 Å². The van der Waals surface area contributed by atoms with Crippen molar-refractivity contribution in [1.29, 1.82) is 0 Å². The number of aromatic nitrogens is 1. The van der Waals surface area contributed by atoms with Gasteiger partial charge < -0.3 is 5.32 Å². The van der Waals surface area contributed by atoms with Gasteiger partial charge in [0.2, 0.25) is 0 Å². The maximum absolute atomic E-state index is 12.9. The summed E-state index contributed by atoms with van der Waals surface area (Å²) in [6.45, 7) is 3.24. The summed E-state index contributed by atoms with van der Waals surface area (Å²) in [5, 5.41) is 3.41. The van der Waals surface area contributed by atoms with Crippen LogP contribution in [0.3, 0.4) is 0 Å². The molecule has 0 spiro atoms. The molecule has 2 rings (SSSR count). The summed E-state index contributed by atoms with van der Waals surface area (Å²) in [6, 6.07) is 5.64. The van der Waals surface area contributed by atoms with Crippen LogP contribution < -0.4 is 5.32 Å². The second-order valence-electron chi connectivity index (χ2n) is 5.49. The Morgan fingerprint density at radius 2 is 2.00 bits per heavy atom. The monoisotopic (exact) mass is 370 g/mol. The average Bonchev–Trinajstić information content (AvgIpc) is 2.97. The molecule has 1 N–H and O–H groups in total. The number of carbonyl (C=O) groups excluding carboxylic acids is 1. The molecule has 2 aromatic rings. The van der Waals surface area contributed by atoms with Crippen molar-refractivity contribution in [3.63, 3.8) is 0 Å². The maximum Gasteiger partial charge on any atom is 0.263 e. The minimum Gasteiger partial charge on any atom is -0.348 e. The number of nitrogens with zero attached hydrogens (tertiary/aromatic N) is 1. The molecule has 0 bridgehead atoms. The van der Waals surface area contributed by atoms with E-state index < -0.39 is 15.9 Å². The lowest BCUT2D eigenvalue weighted by Crippen LogP contribution is -2.37. The zero-order valence-corrected chi connectivity index (χ0v) is 15.1. The second kappa shape index (κ2) is 7.85. The van der Waals surface area contributed by atoms with Gasteiger partial charge in [0.15, 0.2) is 9.84 Å². The summed E-state index contributed by atoms with van der Waals surface area (Å²) in [5.74, 6) is -0.669. The maximum atomic E-state index is 12.9. The van der Waals surface area contributed by atoms with Crippen LogP contribution >= 0.6 is 11.3 Å². The lowest BCUT2D eigenvalue weighted by atomic mass is 10.2. The first kappa shape index (κ1) is 18.5. The molecule has 0 saturated carbocycles. The van der Waals surface area contributed by atoms with E-state index in [1.54, 1.807) is 26.0 Å². The van der Waals surface area contributed by atoms with Crippen LogP contribution in [0.1, 0.15) is 34.1 Å². The lowest BCUT2D eigenvalue weighted by Gasteiger charge is -2.12. The Morgan fingerprint density at radius 3 is 2.62 bits per heavy atom. The Balaban J connectivity index is 1.96. The van der Waals surface area contributed by atoms with E-state index in [1.165, 1.54) is 29.7 Å². The van der Waals surface area contributed by atoms with Gasteiger partial charge in [-0.2, -0.15) is 0 Å². The molecule has 24 heavy (non-hydrogen) atoms. The fourth-order valence-electron chi connectivity index (χ4n) is 2.11. The first-order chi connectivity index (χ1) is 11.3. The third-order valence-electron chi connectivity index (χ3n) is 3.37. The number of nitrogens with one attached hydrogen (secondary N) is 1. The molecular formula is C16H19FN2O3S2. The van der Waals surface area contributed by atoms with Crippen molar-refractivity contribution in [3.8, 4) is 0 Å². The fourth-order valence-corrected chi connectivity index (χ4v) is 4.05. The minimum atomic E-state index is -3.14. The molecule has 0 aliphatic heterocycles. The molecule has 1 atom stereocenters. The molecule has 1 aromatic heterocycles. The summed E-state index contributed by atoms with van der Waals surface area (Å²) in [7, 11) is -3.14. The van der Waals surface area contributed by atoms with E-state index in [0.29, 0.717) is 11.3 Å². The number of rotatable bonds is 7. The predicted molar refractivity (Wildman–Crippen MR) is 92.6 cm³/mol. The van der Waals surface area contributed by atoms with Crippen molar-refractivity contribution >= 4 is 27.1 Å². The van der Waals surface area contributed by atoms with Crippen molar-refractivity contribution in [2.24, 2.45) is 0 Å². The number of thiazole rings is 1. The largest absolute Gasteiger partial charge is 0.348 e. The number of sulfone groups is 1. The van der Waals surface area contributed by atoms with Crippen LogP contribution in [-0.2, 0) is 16.3 Å². The lowest BCUT2D eigenvalue weighted by molar-refractivity contribution is 0.0947. The highest BCUT2D eigenvalue weighted by molar-refractivity contribution is 7.91. The van der Waals surface area contributed by atoms with E-state index in [1.807, 2.05) is 0 Å². The third kappa shape index (κ3) is 5.38. The van der Waals surface area contributed by atoms with Crippen LogP contribution in [0.5, 0.6) is 0 Å². The third-order valence-corrected chi connectivity index (χ3v) is 6.25. The molecular weight excluding hydrogens is 351 g/mol. The quantitative estimate of drug-likeness (QED) is 0.812. The summed E-state index contributed by atoms with van der Waals surface area (Å²) in [4.78, 5) is 16.8. The standard InChI is InChI=1S/C16H19FN2O3S2/c1-3-24(21,22)10-11(2)19-16(20)14-9-18-15(23-14)8-12-4-6-13(17)7-5-12/h4-7,9,11H,3,8,10H2,1-2H3,(H,19,20)/t11-/m0/s1. The Kier molecular flexibility index (Phi) is 6.06. The molecule has 1 aromatic carbocycles. The van der Waals surface area contributed by atoms with Crippen molar-refractivity contribution in [2.75, 3.05) is 11.5 Å². The zero-order chi connectivity index (χ0) is 17.7. The number of halogens is 1. The highest BCUT2D eigenvalue weighted by Gasteiger charge is 2.18. The van der Waals surface area contributed by atoms with Crippen LogP contribution in [0.4, 0.5) is 4.39 Å². The molecule has 130 valence electrons. The summed E-state index contributed by atoms with van der Waals surface area (Å²) in [5.41, 5.74) is 0.903. The zero-order valence-electron chi connectivity index (χ0n) is 13.5. The van der Waals surface area contributed by atoms with Gasteiger partial charge in [-0.15, -0.1) is 11.3 Å². The van der Waals surface area contributed by atoms with Gasteiger partial charge >= 0.3 is 0 Å². The van der Waals surface area contributed by atoms with Gasteiger partial charge in [-0.1, -0.05) is 19.1 Å². The van der Waals surface area contributed by atoms with E-state index in [4.69, 9.17) is 0 Å². The summed E-state index contributed by atoms with van der Waals surface area (Å²) < 4.78 is 36.0. The highest BCUT2D eigenvalue weighted by atomic mass is 32.2. The van der Waals surface area contributed by atoms with Crippen molar-refractivity contribution in [3.05, 3.63) is 51.7 Å². The second-order valence-corrected chi connectivity index (χ2v) is 9.01. The van der Waals surface area contributed by atoms with Crippen LogP contribution in [0.2, 0.25) is 0 Å². The number of benzene rings is 1. The molecule has 0 radical (unpaired) electrons. The SMILES string of the molecule is CCS(=O)(=O)C[C@H](C)NC(=O)c1cnc(Cc2ccc(F)cc2)s1. The van der Waals surface area contributed by atoms with Gasteiger partial charge in [0.25, 0.3) is 5.91 Å². The minimum absolute atomic E-state index is 0.0512. The Labute approximate surface area is 144 Å². The van der Waals surface area contributed by atoms with E-state index in [-0.39, 0.29) is 23.2 Å². The molecule has 0 aliphatic carbocycles. The van der Waals surface area contributed by atoms with Crippen LogP contribution in [-0.4, -0.2) is 36.9 Å². The van der Waals surface area contributed by atoms with E-state index in [2.05, 4.69) is 10.3 Å². The molecule has 1 heterocycles. The highest BCUT2D eigenvalue weighted by Crippen LogP contribution is 2.17. The molecule has 0 unspecified atom stereocenters. The summed E-state index contributed by atoms with van der Waals surface area (Å²) >= 11 is 1.24. The normalized spacial score (nSPS) is 12.8. The van der Waals surface area contributed by atoms with Crippen molar-refractivity contribution < 1.29 is 17.6 Å². The van der Waals surface area contributed by atoms with Gasteiger partial charge in [-0.05, 0) is 24.6 Å². The molecule has 0 fully saturated rings. The Morgan fingerprint density at radius 1 is 1.33 bits per heavy atom. The van der Waals surface area contributed by atoms with E-state index in [9.17, 15) is 17.6 Å². The van der Waals surface area contributed by atoms with Crippen LogP contribution in [0, 0.1) is 5.82 Å². The molecule has 8 heteroatoms. The van der Waals surface area contributed by atoms with Crippen LogP contribution in [0.25, 0.3) is 0 Å². The number of hydrogen-bond donors (Lipinski definition) is 1. The fraction of sp³-hybridized carbons (Fsp3) is 0.375. The molecule has 5 nitrogen and oxygen atoms in total. The number of carbonyl (C=O) groups is 1. The van der Waals surface area contributed by atoms with E-state index in [0.717, 1.165) is 10.6 Å². The first-order valence-electron chi connectivity index (χ1n) is 7.49. The Hall–Kier alpha value is -1.80. The van der Waals surface area contributed by atoms with Crippen LogP contribution in [0.15, 0.2) is 30.5 Å². The average molecular weight is 370 g/mol. The molecule has 0 saturated heterocycles. The Bertz CT molecular complexity index is 801. The molecule has 1 amide bonds. The van der Waals surface area contributed by atoms with Gasteiger partial charge in [0.05, 0.1) is 17.0 Å². The van der Waals surface area contributed by atoms with Crippen molar-refractivity contribution in [1.82, 2.24) is 10.3 Å². The topological polar surface area (TPSA) is 76.1 Å².